The predicted octanol–water partition coefficient (Wildman–Crippen LogP) is 8.50. The number of ether oxygens (including phenoxy) is 3. The molecule has 1 rings (SSSR count). The Hall–Kier alpha value is -0.900. The van der Waals surface area contributed by atoms with E-state index in [4.69, 9.17) is 14.2 Å². The zero-order valence-corrected chi connectivity index (χ0v) is 21.3. The monoisotopic (exact) mass is 448 g/mol. The molecule has 186 valence electrons. The number of methoxy groups -OCH3 is 1. The van der Waals surface area contributed by atoms with Crippen molar-refractivity contribution in [2.24, 2.45) is 0 Å². The van der Waals surface area contributed by atoms with Gasteiger partial charge in [-0.3, -0.25) is 0 Å². The summed E-state index contributed by atoms with van der Waals surface area (Å²) in [4.78, 5) is 0. The molecule has 0 heterocycles. The summed E-state index contributed by atoms with van der Waals surface area (Å²) in [7, 11) is 1.73. The lowest BCUT2D eigenvalue weighted by atomic mass is 10.0. The van der Waals surface area contributed by atoms with E-state index >= 15 is 0 Å². The number of benzene rings is 1. The van der Waals surface area contributed by atoms with Crippen LogP contribution in [0.3, 0.4) is 0 Å². The zero-order chi connectivity index (χ0) is 23.0. The highest BCUT2D eigenvalue weighted by molar-refractivity contribution is 5.13. The molecule has 0 unspecified atom stereocenters. The van der Waals surface area contributed by atoms with Crippen LogP contribution in [0.15, 0.2) is 30.3 Å². The van der Waals surface area contributed by atoms with E-state index in [1.54, 1.807) is 7.11 Å². The molecule has 0 saturated heterocycles. The molecule has 0 radical (unpaired) electrons. The lowest BCUT2D eigenvalue weighted by Crippen LogP contribution is -2.24. The highest BCUT2D eigenvalue weighted by Crippen LogP contribution is 2.13. The van der Waals surface area contributed by atoms with Crippen molar-refractivity contribution < 1.29 is 14.2 Å². The SMILES string of the molecule is CCCCCCCCCCCCCCCCCCOC[C@@H](COCc1ccccc1)OC. The first kappa shape index (κ1) is 29.1. The Labute approximate surface area is 199 Å². The van der Waals surface area contributed by atoms with Gasteiger partial charge in [-0.2, -0.15) is 0 Å². The second-order valence-electron chi connectivity index (χ2n) is 9.24. The maximum absolute atomic E-state index is 5.80. The van der Waals surface area contributed by atoms with Gasteiger partial charge in [-0.15, -0.1) is 0 Å². The second-order valence-corrected chi connectivity index (χ2v) is 9.24. The third kappa shape index (κ3) is 18.7. The molecule has 3 nitrogen and oxygen atoms in total. The molecule has 0 N–H and O–H groups in total. The van der Waals surface area contributed by atoms with Crippen molar-refractivity contribution in [3.8, 4) is 0 Å². The molecule has 0 aliphatic rings. The second kappa shape index (κ2) is 23.3. The molecule has 0 saturated carbocycles. The minimum absolute atomic E-state index is 0.0137. The first-order chi connectivity index (χ1) is 15.9. The Morgan fingerprint density at radius 1 is 0.594 bits per heavy atom. The molecule has 0 spiro atoms. The summed E-state index contributed by atoms with van der Waals surface area (Å²) >= 11 is 0. The van der Waals surface area contributed by atoms with Crippen molar-refractivity contribution in [2.45, 2.75) is 122 Å². The van der Waals surface area contributed by atoms with Gasteiger partial charge in [-0.1, -0.05) is 134 Å². The topological polar surface area (TPSA) is 27.7 Å². The molecule has 1 aromatic carbocycles. The average molecular weight is 449 g/mol. The van der Waals surface area contributed by atoms with Crippen LogP contribution >= 0.6 is 0 Å². The van der Waals surface area contributed by atoms with E-state index in [2.05, 4.69) is 19.1 Å². The lowest BCUT2D eigenvalue weighted by Gasteiger charge is -2.16. The van der Waals surface area contributed by atoms with E-state index in [1.807, 2.05) is 18.2 Å². The molecule has 1 atom stereocenters. The van der Waals surface area contributed by atoms with Gasteiger partial charge in [0.1, 0.15) is 6.10 Å². The first-order valence-corrected chi connectivity index (χ1v) is 13.6. The molecule has 0 aromatic heterocycles. The predicted molar refractivity (Wildman–Crippen MR) is 137 cm³/mol. The van der Waals surface area contributed by atoms with Gasteiger partial charge in [0, 0.05) is 13.7 Å². The van der Waals surface area contributed by atoms with Crippen molar-refractivity contribution in [1.82, 2.24) is 0 Å². The third-order valence-corrected chi connectivity index (χ3v) is 6.19. The van der Waals surface area contributed by atoms with Crippen LogP contribution in [0, 0.1) is 0 Å². The standard InChI is InChI=1S/C29H52O3/c1-3-4-5-6-7-8-9-10-11-12-13-14-15-16-17-21-24-31-26-29(30-2)27-32-25-28-22-19-18-20-23-28/h18-20,22-23,29H,3-17,21,24-27H2,1-2H3/t29-/m0/s1. The molecule has 0 aliphatic heterocycles. The van der Waals surface area contributed by atoms with Crippen LogP contribution in [0.5, 0.6) is 0 Å². The molecular weight excluding hydrogens is 396 g/mol. The van der Waals surface area contributed by atoms with E-state index in [1.165, 1.54) is 102 Å². The first-order valence-electron chi connectivity index (χ1n) is 13.6. The maximum atomic E-state index is 5.80. The van der Waals surface area contributed by atoms with Crippen LogP contribution in [-0.2, 0) is 20.8 Å². The van der Waals surface area contributed by atoms with Crippen molar-refractivity contribution in [1.29, 1.82) is 0 Å². The fourth-order valence-electron chi connectivity index (χ4n) is 4.03. The van der Waals surface area contributed by atoms with Crippen LogP contribution in [0.1, 0.15) is 115 Å². The molecule has 0 bridgehead atoms. The molecule has 1 aromatic rings. The average Bonchev–Trinajstić information content (AvgIpc) is 2.82. The van der Waals surface area contributed by atoms with Gasteiger partial charge in [0.05, 0.1) is 19.8 Å². The molecule has 0 amide bonds. The van der Waals surface area contributed by atoms with Gasteiger partial charge in [-0.25, -0.2) is 0 Å². The Kier molecular flexibility index (Phi) is 21.2. The van der Waals surface area contributed by atoms with Crippen molar-refractivity contribution >= 4 is 0 Å². The smallest absolute Gasteiger partial charge is 0.104 e. The van der Waals surface area contributed by atoms with Gasteiger partial charge in [0.15, 0.2) is 0 Å². The fourth-order valence-corrected chi connectivity index (χ4v) is 4.03. The van der Waals surface area contributed by atoms with Gasteiger partial charge in [0.25, 0.3) is 0 Å². The van der Waals surface area contributed by atoms with Gasteiger partial charge < -0.3 is 14.2 Å². The Bertz CT molecular complexity index is 477. The van der Waals surface area contributed by atoms with Crippen LogP contribution in [-0.4, -0.2) is 33.0 Å². The van der Waals surface area contributed by atoms with E-state index < -0.39 is 0 Å². The van der Waals surface area contributed by atoms with E-state index in [9.17, 15) is 0 Å². The zero-order valence-electron chi connectivity index (χ0n) is 21.3. The van der Waals surface area contributed by atoms with E-state index in [-0.39, 0.29) is 6.10 Å². The summed E-state index contributed by atoms with van der Waals surface area (Å²) in [5.41, 5.74) is 1.19. The van der Waals surface area contributed by atoms with Crippen molar-refractivity contribution in [2.75, 3.05) is 26.9 Å². The summed E-state index contributed by atoms with van der Waals surface area (Å²) in [5, 5.41) is 0. The molecule has 0 fully saturated rings. The van der Waals surface area contributed by atoms with Crippen LogP contribution in [0.2, 0.25) is 0 Å². The highest BCUT2D eigenvalue weighted by Gasteiger charge is 2.08. The Morgan fingerprint density at radius 3 is 1.56 bits per heavy atom. The van der Waals surface area contributed by atoms with E-state index in [0.717, 1.165) is 13.0 Å². The highest BCUT2D eigenvalue weighted by atomic mass is 16.6. The number of unbranched alkanes of at least 4 members (excludes halogenated alkanes) is 15. The summed E-state index contributed by atoms with van der Waals surface area (Å²) in [6, 6.07) is 10.3. The van der Waals surface area contributed by atoms with Crippen molar-refractivity contribution in [3.63, 3.8) is 0 Å². The Balaban J connectivity index is 1.77. The van der Waals surface area contributed by atoms with Crippen molar-refractivity contribution in [3.05, 3.63) is 35.9 Å². The summed E-state index contributed by atoms with van der Waals surface area (Å²) < 4.78 is 17.0. The van der Waals surface area contributed by atoms with E-state index in [0.29, 0.717) is 19.8 Å². The third-order valence-electron chi connectivity index (χ3n) is 6.19. The van der Waals surface area contributed by atoms with Crippen LogP contribution in [0.4, 0.5) is 0 Å². The fraction of sp³-hybridized carbons (Fsp3) is 0.793. The number of hydrogen-bond donors (Lipinski definition) is 0. The Morgan fingerprint density at radius 2 is 1.06 bits per heavy atom. The van der Waals surface area contributed by atoms with Gasteiger partial charge in [-0.05, 0) is 12.0 Å². The molecular formula is C29H52O3. The summed E-state index contributed by atoms with van der Waals surface area (Å²) in [6.07, 6.45) is 22.4. The molecule has 0 aliphatic carbocycles. The number of hydrogen-bond acceptors (Lipinski definition) is 3. The van der Waals surface area contributed by atoms with Gasteiger partial charge >= 0.3 is 0 Å². The molecule has 32 heavy (non-hydrogen) atoms. The number of rotatable bonds is 24. The maximum Gasteiger partial charge on any atom is 0.104 e. The lowest BCUT2D eigenvalue weighted by molar-refractivity contribution is -0.0451. The minimum Gasteiger partial charge on any atom is -0.379 e. The summed E-state index contributed by atoms with van der Waals surface area (Å²) in [5.74, 6) is 0. The normalized spacial score (nSPS) is 12.3. The summed E-state index contributed by atoms with van der Waals surface area (Å²) in [6.45, 7) is 4.93. The van der Waals surface area contributed by atoms with Gasteiger partial charge in [0.2, 0.25) is 0 Å². The quantitative estimate of drug-likeness (QED) is 0.148. The van der Waals surface area contributed by atoms with Crippen LogP contribution in [0.25, 0.3) is 0 Å². The molecule has 3 heteroatoms. The van der Waals surface area contributed by atoms with Crippen LogP contribution < -0.4 is 0 Å². The minimum atomic E-state index is 0.0137. The largest absolute Gasteiger partial charge is 0.379 e.